The summed E-state index contributed by atoms with van der Waals surface area (Å²) >= 11 is 3.36. The standard InChI is InChI=1S/C17H15BrN4O/c1-12(21-17(23)14-2-6-15(18)7-3-14)13-4-8-16(9-5-13)22-11-19-10-20-22/h2-12H,1H3,(H,21,23)/t12-/m0/s1. The molecule has 5 nitrogen and oxygen atoms in total. The fourth-order valence-corrected chi connectivity index (χ4v) is 2.49. The van der Waals surface area contributed by atoms with Crippen LogP contribution in [0.1, 0.15) is 28.9 Å². The van der Waals surface area contributed by atoms with Crippen LogP contribution >= 0.6 is 15.9 Å². The van der Waals surface area contributed by atoms with E-state index in [1.54, 1.807) is 23.1 Å². The SMILES string of the molecule is C[C@H](NC(=O)c1ccc(Br)cc1)c1ccc(-n2cncn2)cc1. The summed E-state index contributed by atoms with van der Waals surface area (Å²) in [6.07, 6.45) is 3.14. The molecule has 23 heavy (non-hydrogen) atoms. The number of halogens is 1. The topological polar surface area (TPSA) is 59.8 Å². The van der Waals surface area contributed by atoms with Gasteiger partial charge in [0, 0.05) is 10.0 Å². The summed E-state index contributed by atoms with van der Waals surface area (Å²) < 4.78 is 2.64. The lowest BCUT2D eigenvalue weighted by molar-refractivity contribution is 0.0940. The van der Waals surface area contributed by atoms with Crippen LogP contribution < -0.4 is 5.32 Å². The van der Waals surface area contributed by atoms with Crippen molar-refractivity contribution in [2.75, 3.05) is 0 Å². The van der Waals surface area contributed by atoms with E-state index in [2.05, 4.69) is 31.3 Å². The van der Waals surface area contributed by atoms with Crippen LogP contribution in [0.2, 0.25) is 0 Å². The molecule has 3 aromatic rings. The van der Waals surface area contributed by atoms with E-state index in [4.69, 9.17) is 0 Å². The number of rotatable bonds is 4. The second kappa shape index (κ2) is 6.75. The molecule has 3 rings (SSSR count). The molecular weight excluding hydrogens is 356 g/mol. The zero-order valence-corrected chi connectivity index (χ0v) is 14.1. The predicted molar refractivity (Wildman–Crippen MR) is 91.4 cm³/mol. The zero-order chi connectivity index (χ0) is 16.2. The summed E-state index contributed by atoms with van der Waals surface area (Å²) in [6.45, 7) is 1.96. The molecule has 0 saturated carbocycles. The van der Waals surface area contributed by atoms with Crippen molar-refractivity contribution >= 4 is 21.8 Å². The molecule has 1 N–H and O–H groups in total. The number of amides is 1. The smallest absolute Gasteiger partial charge is 0.251 e. The normalized spacial score (nSPS) is 11.9. The van der Waals surface area contributed by atoms with Crippen molar-refractivity contribution in [2.24, 2.45) is 0 Å². The van der Waals surface area contributed by atoms with Crippen LogP contribution in [0.25, 0.3) is 5.69 Å². The number of carbonyl (C=O) groups excluding carboxylic acids is 1. The minimum atomic E-state index is -0.0923. The van der Waals surface area contributed by atoms with Crippen LogP contribution in [-0.4, -0.2) is 20.7 Å². The van der Waals surface area contributed by atoms with Crippen LogP contribution in [0.3, 0.4) is 0 Å². The van der Waals surface area contributed by atoms with Crippen LogP contribution in [0, 0.1) is 0 Å². The molecule has 2 aromatic carbocycles. The number of benzene rings is 2. The van der Waals surface area contributed by atoms with Gasteiger partial charge in [0.1, 0.15) is 12.7 Å². The van der Waals surface area contributed by atoms with Gasteiger partial charge >= 0.3 is 0 Å². The third-order valence-electron chi connectivity index (χ3n) is 3.53. The molecule has 0 fully saturated rings. The number of carbonyl (C=O) groups is 1. The molecule has 0 saturated heterocycles. The van der Waals surface area contributed by atoms with Gasteiger partial charge < -0.3 is 5.32 Å². The fraction of sp³-hybridized carbons (Fsp3) is 0.118. The second-order valence-corrected chi connectivity index (χ2v) is 6.05. The molecule has 0 spiro atoms. The summed E-state index contributed by atoms with van der Waals surface area (Å²) in [5.74, 6) is -0.0923. The zero-order valence-electron chi connectivity index (χ0n) is 12.5. The van der Waals surface area contributed by atoms with Gasteiger partial charge in [-0.3, -0.25) is 4.79 Å². The van der Waals surface area contributed by atoms with Crippen molar-refractivity contribution in [1.82, 2.24) is 20.1 Å². The van der Waals surface area contributed by atoms with Crippen LogP contribution in [0.15, 0.2) is 65.7 Å². The monoisotopic (exact) mass is 370 g/mol. The average Bonchev–Trinajstić information content (AvgIpc) is 3.10. The quantitative estimate of drug-likeness (QED) is 0.764. The van der Waals surface area contributed by atoms with Crippen molar-refractivity contribution in [3.05, 3.63) is 76.8 Å². The highest BCUT2D eigenvalue weighted by molar-refractivity contribution is 9.10. The van der Waals surface area contributed by atoms with Gasteiger partial charge in [-0.1, -0.05) is 28.1 Å². The number of hydrogen-bond acceptors (Lipinski definition) is 3. The number of aromatic nitrogens is 3. The molecule has 1 atom stereocenters. The molecule has 0 unspecified atom stereocenters. The number of nitrogens with zero attached hydrogens (tertiary/aromatic N) is 3. The van der Waals surface area contributed by atoms with Crippen molar-refractivity contribution in [3.63, 3.8) is 0 Å². The molecule has 0 aliphatic carbocycles. The Morgan fingerprint density at radius 2 is 1.83 bits per heavy atom. The van der Waals surface area contributed by atoms with E-state index in [-0.39, 0.29) is 11.9 Å². The molecule has 0 aliphatic heterocycles. The highest BCUT2D eigenvalue weighted by Gasteiger charge is 2.11. The largest absolute Gasteiger partial charge is 0.346 e. The van der Waals surface area contributed by atoms with Gasteiger partial charge in [-0.15, -0.1) is 0 Å². The average molecular weight is 371 g/mol. The number of nitrogens with one attached hydrogen (secondary N) is 1. The van der Waals surface area contributed by atoms with Crippen molar-refractivity contribution in [1.29, 1.82) is 0 Å². The van der Waals surface area contributed by atoms with Gasteiger partial charge in [-0.05, 0) is 48.9 Å². The Bertz CT molecular complexity index is 782. The molecule has 116 valence electrons. The van der Waals surface area contributed by atoms with E-state index < -0.39 is 0 Å². The van der Waals surface area contributed by atoms with E-state index >= 15 is 0 Å². The number of hydrogen-bond donors (Lipinski definition) is 1. The van der Waals surface area contributed by atoms with Gasteiger partial charge in [-0.25, -0.2) is 9.67 Å². The van der Waals surface area contributed by atoms with Crippen molar-refractivity contribution in [3.8, 4) is 5.69 Å². The summed E-state index contributed by atoms with van der Waals surface area (Å²) in [4.78, 5) is 16.2. The highest BCUT2D eigenvalue weighted by atomic mass is 79.9. The Morgan fingerprint density at radius 3 is 2.43 bits per heavy atom. The highest BCUT2D eigenvalue weighted by Crippen LogP contribution is 2.16. The summed E-state index contributed by atoms with van der Waals surface area (Å²) in [5, 5.41) is 7.09. The molecule has 1 amide bonds. The third kappa shape index (κ3) is 3.65. The van der Waals surface area contributed by atoms with Crippen LogP contribution in [0.5, 0.6) is 0 Å². The first-order chi connectivity index (χ1) is 11.1. The first-order valence-corrected chi connectivity index (χ1v) is 7.94. The molecule has 1 aromatic heterocycles. The van der Waals surface area contributed by atoms with Gasteiger partial charge in [0.15, 0.2) is 0 Å². The Balaban J connectivity index is 1.69. The van der Waals surface area contributed by atoms with E-state index in [1.807, 2.05) is 43.3 Å². The Hall–Kier alpha value is -2.47. The van der Waals surface area contributed by atoms with Gasteiger partial charge in [-0.2, -0.15) is 5.10 Å². The lowest BCUT2D eigenvalue weighted by Crippen LogP contribution is -2.26. The van der Waals surface area contributed by atoms with Crippen molar-refractivity contribution in [2.45, 2.75) is 13.0 Å². The predicted octanol–water partition coefficient (Wildman–Crippen LogP) is 3.52. The Labute approximate surface area is 142 Å². The first kappa shape index (κ1) is 15.4. The molecule has 0 radical (unpaired) electrons. The maximum atomic E-state index is 12.2. The fourth-order valence-electron chi connectivity index (χ4n) is 2.22. The molecular formula is C17H15BrN4O. The van der Waals surface area contributed by atoms with E-state index in [1.165, 1.54) is 6.33 Å². The van der Waals surface area contributed by atoms with E-state index in [9.17, 15) is 4.79 Å². The summed E-state index contributed by atoms with van der Waals surface area (Å²) in [6, 6.07) is 15.1. The molecule has 6 heteroatoms. The lowest BCUT2D eigenvalue weighted by Gasteiger charge is -2.15. The van der Waals surface area contributed by atoms with Gasteiger partial charge in [0.25, 0.3) is 5.91 Å². The van der Waals surface area contributed by atoms with Crippen LogP contribution in [0.4, 0.5) is 0 Å². The Morgan fingerprint density at radius 1 is 1.13 bits per heavy atom. The van der Waals surface area contributed by atoms with Crippen LogP contribution in [-0.2, 0) is 0 Å². The van der Waals surface area contributed by atoms with E-state index in [0.29, 0.717) is 5.56 Å². The van der Waals surface area contributed by atoms with E-state index in [0.717, 1.165) is 15.7 Å². The summed E-state index contributed by atoms with van der Waals surface area (Å²) in [5.41, 5.74) is 2.59. The second-order valence-electron chi connectivity index (χ2n) is 5.13. The van der Waals surface area contributed by atoms with Gasteiger partial charge in [0.2, 0.25) is 0 Å². The maximum absolute atomic E-state index is 12.2. The third-order valence-corrected chi connectivity index (χ3v) is 4.06. The minimum absolute atomic E-state index is 0.0871. The Kier molecular flexibility index (Phi) is 4.52. The molecule has 1 heterocycles. The minimum Gasteiger partial charge on any atom is -0.346 e. The lowest BCUT2D eigenvalue weighted by atomic mass is 10.1. The van der Waals surface area contributed by atoms with Gasteiger partial charge in [0.05, 0.1) is 11.7 Å². The maximum Gasteiger partial charge on any atom is 0.251 e. The summed E-state index contributed by atoms with van der Waals surface area (Å²) in [7, 11) is 0. The first-order valence-electron chi connectivity index (χ1n) is 7.15. The molecule has 0 aliphatic rings. The molecule has 0 bridgehead atoms. The van der Waals surface area contributed by atoms with Crippen molar-refractivity contribution < 1.29 is 4.79 Å².